The van der Waals surface area contributed by atoms with Gasteiger partial charge in [0.15, 0.2) is 0 Å². The summed E-state index contributed by atoms with van der Waals surface area (Å²) < 4.78 is 64.4. The van der Waals surface area contributed by atoms with E-state index in [-0.39, 0.29) is 6.04 Å². The van der Waals surface area contributed by atoms with E-state index in [0.29, 0.717) is 25.0 Å². The van der Waals surface area contributed by atoms with E-state index in [2.05, 4.69) is 0 Å². The number of rotatable bonds is 3. The summed E-state index contributed by atoms with van der Waals surface area (Å²) in [5, 5.41) is 9.71. The molecule has 0 amide bonds. The summed E-state index contributed by atoms with van der Waals surface area (Å²) in [7, 11) is -2.82. The zero-order valence-electron chi connectivity index (χ0n) is 12.1. The Labute approximate surface area is 127 Å². The van der Waals surface area contributed by atoms with Crippen molar-refractivity contribution in [2.24, 2.45) is 0 Å². The predicted octanol–water partition coefficient (Wildman–Crippen LogP) is 3.36. The molecule has 8 heteroatoms. The highest BCUT2D eigenvalue weighted by molar-refractivity contribution is 7.89. The molecule has 1 aliphatic carbocycles. The van der Waals surface area contributed by atoms with E-state index in [4.69, 9.17) is 0 Å². The number of phenols is 1. The first kappa shape index (κ1) is 17.1. The van der Waals surface area contributed by atoms with E-state index in [1.807, 2.05) is 0 Å². The molecule has 1 aromatic rings. The topological polar surface area (TPSA) is 57.6 Å². The summed E-state index contributed by atoms with van der Waals surface area (Å²) in [5.74, 6) is -0.671. The van der Waals surface area contributed by atoms with Crippen LogP contribution in [0, 0.1) is 0 Å². The Kier molecular flexibility index (Phi) is 4.72. The quantitative estimate of drug-likeness (QED) is 0.920. The van der Waals surface area contributed by atoms with Crippen LogP contribution in [0.25, 0.3) is 0 Å². The number of hydrogen-bond acceptors (Lipinski definition) is 3. The third-order valence-electron chi connectivity index (χ3n) is 4.03. The minimum Gasteiger partial charge on any atom is -0.507 e. The van der Waals surface area contributed by atoms with Gasteiger partial charge in [0.05, 0.1) is 5.56 Å². The molecule has 1 aromatic carbocycles. The summed E-state index contributed by atoms with van der Waals surface area (Å²) in [6, 6.07) is 1.68. The molecule has 0 atom stereocenters. The van der Waals surface area contributed by atoms with Crippen molar-refractivity contribution in [3.05, 3.63) is 23.8 Å². The van der Waals surface area contributed by atoms with Crippen LogP contribution in [-0.2, 0) is 16.2 Å². The van der Waals surface area contributed by atoms with E-state index in [0.717, 1.165) is 29.6 Å². The van der Waals surface area contributed by atoms with Gasteiger partial charge in [0.2, 0.25) is 10.0 Å². The van der Waals surface area contributed by atoms with Gasteiger partial charge in [-0.1, -0.05) is 19.3 Å². The Bertz CT molecular complexity index is 637. The Balaban J connectivity index is 2.40. The average Bonchev–Trinajstić information content (AvgIpc) is 2.46. The zero-order valence-corrected chi connectivity index (χ0v) is 12.9. The van der Waals surface area contributed by atoms with Gasteiger partial charge in [0, 0.05) is 13.1 Å². The standard InChI is InChI=1S/C14H18F3NO3S/c1-18(11-5-3-2-4-6-11)22(20,21)13-9-10(14(15,16)17)7-8-12(13)19/h7-9,11,19H,2-6H2,1H3. The minimum atomic E-state index is -4.67. The first-order valence-corrected chi connectivity index (χ1v) is 8.46. The lowest BCUT2D eigenvalue weighted by Crippen LogP contribution is -2.38. The molecule has 0 aromatic heterocycles. The van der Waals surface area contributed by atoms with Crippen LogP contribution >= 0.6 is 0 Å². The van der Waals surface area contributed by atoms with Gasteiger partial charge in [-0.15, -0.1) is 0 Å². The number of hydrogen-bond donors (Lipinski definition) is 1. The van der Waals surface area contributed by atoms with Crippen molar-refractivity contribution in [3.63, 3.8) is 0 Å². The summed E-state index contributed by atoms with van der Waals surface area (Å²) >= 11 is 0. The molecule has 0 unspecified atom stereocenters. The maximum Gasteiger partial charge on any atom is 0.416 e. The number of benzene rings is 1. The fourth-order valence-electron chi connectivity index (χ4n) is 2.69. The molecular formula is C14H18F3NO3S. The van der Waals surface area contributed by atoms with Gasteiger partial charge < -0.3 is 5.11 Å². The predicted molar refractivity (Wildman–Crippen MR) is 74.9 cm³/mol. The van der Waals surface area contributed by atoms with Crippen LogP contribution in [0.2, 0.25) is 0 Å². The van der Waals surface area contributed by atoms with Gasteiger partial charge in [-0.3, -0.25) is 0 Å². The molecule has 1 fully saturated rings. The highest BCUT2D eigenvalue weighted by Crippen LogP contribution is 2.36. The van der Waals surface area contributed by atoms with Crippen LogP contribution in [-0.4, -0.2) is 30.9 Å². The molecule has 22 heavy (non-hydrogen) atoms. The first-order chi connectivity index (χ1) is 10.1. The summed E-state index contributed by atoms with van der Waals surface area (Å²) in [6.45, 7) is 0. The number of phenolic OH excluding ortho intramolecular Hbond substituents is 1. The average molecular weight is 337 g/mol. The third-order valence-corrected chi connectivity index (χ3v) is 5.97. The molecule has 0 bridgehead atoms. The largest absolute Gasteiger partial charge is 0.507 e. The van der Waals surface area contributed by atoms with Crippen molar-refractivity contribution in [1.82, 2.24) is 4.31 Å². The monoisotopic (exact) mass is 337 g/mol. The van der Waals surface area contributed by atoms with Crippen LogP contribution in [0.4, 0.5) is 13.2 Å². The maximum atomic E-state index is 12.8. The Morgan fingerprint density at radius 2 is 1.77 bits per heavy atom. The SMILES string of the molecule is CN(C1CCCCC1)S(=O)(=O)c1cc(C(F)(F)F)ccc1O. The van der Waals surface area contributed by atoms with Crippen molar-refractivity contribution in [2.45, 2.75) is 49.2 Å². The van der Waals surface area contributed by atoms with Crippen molar-refractivity contribution in [2.75, 3.05) is 7.05 Å². The van der Waals surface area contributed by atoms with Gasteiger partial charge >= 0.3 is 6.18 Å². The molecule has 0 radical (unpaired) electrons. The summed E-state index contributed by atoms with van der Waals surface area (Å²) in [5.41, 5.74) is -1.10. The van der Waals surface area contributed by atoms with Gasteiger partial charge in [-0.2, -0.15) is 17.5 Å². The fourth-order valence-corrected chi connectivity index (χ4v) is 4.21. The molecule has 2 rings (SSSR count). The van der Waals surface area contributed by atoms with Gasteiger partial charge in [0.1, 0.15) is 10.6 Å². The lowest BCUT2D eigenvalue weighted by atomic mass is 9.96. The lowest BCUT2D eigenvalue weighted by Gasteiger charge is -2.30. The second-order valence-electron chi connectivity index (χ2n) is 5.49. The maximum absolute atomic E-state index is 12.8. The molecule has 0 aliphatic heterocycles. The lowest BCUT2D eigenvalue weighted by molar-refractivity contribution is -0.137. The number of nitrogens with zero attached hydrogens (tertiary/aromatic N) is 1. The number of aromatic hydroxyl groups is 1. The Hall–Kier alpha value is -1.28. The van der Waals surface area contributed by atoms with E-state index < -0.39 is 32.4 Å². The minimum absolute atomic E-state index is 0.243. The highest BCUT2D eigenvalue weighted by atomic mass is 32.2. The third kappa shape index (κ3) is 3.38. The van der Waals surface area contributed by atoms with Crippen molar-refractivity contribution in [1.29, 1.82) is 0 Å². The van der Waals surface area contributed by atoms with E-state index >= 15 is 0 Å². The molecule has 4 nitrogen and oxygen atoms in total. The van der Waals surface area contributed by atoms with Gasteiger partial charge in [-0.25, -0.2) is 8.42 Å². The molecular weight excluding hydrogens is 319 g/mol. The molecule has 0 spiro atoms. The van der Waals surface area contributed by atoms with Crippen LogP contribution < -0.4 is 0 Å². The number of halogens is 3. The van der Waals surface area contributed by atoms with Crippen molar-refractivity contribution < 1.29 is 26.7 Å². The fraction of sp³-hybridized carbons (Fsp3) is 0.571. The highest BCUT2D eigenvalue weighted by Gasteiger charge is 2.35. The Morgan fingerprint density at radius 1 is 1.18 bits per heavy atom. The number of sulfonamides is 1. The number of alkyl halides is 3. The van der Waals surface area contributed by atoms with Crippen LogP contribution in [0.15, 0.2) is 23.1 Å². The molecule has 0 saturated heterocycles. The summed E-state index contributed by atoms with van der Waals surface area (Å²) in [4.78, 5) is -0.699. The second-order valence-corrected chi connectivity index (χ2v) is 7.46. The molecule has 1 saturated carbocycles. The van der Waals surface area contributed by atoms with E-state index in [9.17, 15) is 26.7 Å². The van der Waals surface area contributed by atoms with Crippen LogP contribution in [0.3, 0.4) is 0 Å². The summed E-state index contributed by atoms with van der Waals surface area (Å²) in [6.07, 6.45) is -0.510. The van der Waals surface area contributed by atoms with E-state index in [1.54, 1.807) is 0 Å². The van der Waals surface area contributed by atoms with Gasteiger partial charge in [0.25, 0.3) is 0 Å². The van der Waals surface area contributed by atoms with Crippen LogP contribution in [0.1, 0.15) is 37.7 Å². The Morgan fingerprint density at radius 3 is 2.32 bits per heavy atom. The first-order valence-electron chi connectivity index (χ1n) is 7.02. The normalized spacial score (nSPS) is 17.9. The second kappa shape index (κ2) is 6.08. The van der Waals surface area contributed by atoms with Crippen LogP contribution in [0.5, 0.6) is 5.75 Å². The van der Waals surface area contributed by atoms with Gasteiger partial charge in [-0.05, 0) is 31.0 Å². The molecule has 1 N–H and O–H groups in total. The van der Waals surface area contributed by atoms with E-state index in [1.165, 1.54) is 7.05 Å². The van der Waals surface area contributed by atoms with Crippen molar-refractivity contribution >= 4 is 10.0 Å². The smallest absolute Gasteiger partial charge is 0.416 e. The molecule has 124 valence electrons. The molecule has 0 heterocycles. The zero-order chi connectivity index (χ0) is 16.5. The van der Waals surface area contributed by atoms with Crippen molar-refractivity contribution in [3.8, 4) is 5.75 Å². The molecule has 1 aliphatic rings.